The largest absolute Gasteiger partial charge is 0.357 e. The van der Waals surface area contributed by atoms with Crippen molar-refractivity contribution in [3.05, 3.63) is 0 Å². The maximum absolute atomic E-state index is 4.81. The van der Waals surface area contributed by atoms with Crippen molar-refractivity contribution in [3.63, 3.8) is 0 Å². The van der Waals surface area contributed by atoms with Crippen molar-refractivity contribution < 1.29 is 0 Å². The number of piperidine rings is 1. The molecule has 1 saturated heterocycles. The number of rotatable bonds is 7. The number of guanidine groups is 1. The maximum atomic E-state index is 4.81. The molecule has 2 fully saturated rings. The summed E-state index contributed by atoms with van der Waals surface area (Å²) in [5.74, 6) is 2.79. The second kappa shape index (κ2) is 10.1. The Morgan fingerprint density at radius 1 is 1.05 bits per heavy atom. The zero-order valence-electron chi connectivity index (χ0n) is 14.7. The Bertz CT molecular complexity index is 315. The molecule has 0 amide bonds. The molecule has 2 N–H and O–H groups in total. The molecular weight excluding hydrogens is 272 g/mol. The first-order valence-corrected chi connectivity index (χ1v) is 9.48. The fourth-order valence-electron chi connectivity index (χ4n) is 3.70. The quantitative estimate of drug-likeness (QED) is 0.431. The third-order valence-corrected chi connectivity index (χ3v) is 5.25. The van der Waals surface area contributed by atoms with Gasteiger partial charge in [0.25, 0.3) is 0 Å². The normalized spacial score (nSPS) is 22.2. The Kier molecular flexibility index (Phi) is 8.06. The predicted molar refractivity (Wildman–Crippen MR) is 95.4 cm³/mol. The number of nitrogens with one attached hydrogen (secondary N) is 2. The monoisotopic (exact) mass is 308 g/mol. The third kappa shape index (κ3) is 6.55. The van der Waals surface area contributed by atoms with E-state index in [0.29, 0.717) is 0 Å². The zero-order valence-corrected chi connectivity index (χ0v) is 14.7. The van der Waals surface area contributed by atoms with E-state index in [0.717, 1.165) is 37.4 Å². The highest BCUT2D eigenvalue weighted by Gasteiger charge is 2.16. The molecule has 0 unspecified atom stereocenters. The van der Waals surface area contributed by atoms with Crippen molar-refractivity contribution in [1.82, 2.24) is 15.5 Å². The highest BCUT2D eigenvalue weighted by molar-refractivity contribution is 5.79. The van der Waals surface area contributed by atoms with E-state index in [2.05, 4.69) is 29.5 Å². The summed E-state index contributed by atoms with van der Waals surface area (Å²) in [6.07, 6.45) is 11.1. The summed E-state index contributed by atoms with van der Waals surface area (Å²) in [6, 6.07) is 0. The number of likely N-dealkylation sites (tertiary alicyclic amines) is 1. The lowest BCUT2D eigenvalue weighted by molar-refractivity contribution is 0.223. The summed E-state index contributed by atoms with van der Waals surface area (Å²) in [5, 5.41) is 6.91. The maximum Gasteiger partial charge on any atom is 0.191 e. The van der Waals surface area contributed by atoms with Crippen LogP contribution in [0.2, 0.25) is 0 Å². The second-order valence-corrected chi connectivity index (χ2v) is 7.19. The lowest BCUT2D eigenvalue weighted by Gasteiger charge is -2.28. The molecule has 0 radical (unpaired) electrons. The van der Waals surface area contributed by atoms with Gasteiger partial charge in [0, 0.05) is 19.6 Å². The van der Waals surface area contributed by atoms with Crippen LogP contribution < -0.4 is 10.6 Å². The van der Waals surface area contributed by atoms with Crippen molar-refractivity contribution in [2.24, 2.45) is 16.8 Å². The third-order valence-electron chi connectivity index (χ3n) is 5.25. The first-order chi connectivity index (χ1) is 10.8. The molecule has 1 heterocycles. The van der Waals surface area contributed by atoms with E-state index >= 15 is 0 Å². The van der Waals surface area contributed by atoms with Crippen molar-refractivity contribution in [2.75, 3.05) is 39.8 Å². The van der Waals surface area contributed by atoms with Gasteiger partial charge >= 0.3 is 0 Å². The summed E-state index contributed by atoms with van der Waals surface area (Å²) in [5.41, 5.74) is 0. The molecule has 1 saturated carbocycles. The van der Waals surface area contributed by atoms with Crippen molar-refractivity contribution in [3.8, 4) is 0 Å². The highest BCUT2D eigenvalue weighted by atomic mass is 15.2. The molecule has 128 valence electrons. The van der Waals surface area contributed by atoms with E-state index in [-0.39, 0.29) is 0 Å². The minimum Gasteiger partial charge on any atom is -0.357 e. The minimum atomic E-state index is 0.769. The molecule has 4 heteroatoms. The van der Waals surface area contributed by atoms with Gasteiger partial charge in [-0.05, 0) is 64.6 Å². The van der Waals surface area contributed by atoms with Gasteiger partial charge in [0.05, 0.1) is 0 Å². The molecular formula is C18H36N4. The van der Waals surface area contributed by atoms with Crippen LogP contribution in [0.3, 0.4) is 0 Å². The molecule has 0 aromatic carbocycles. The van der Waals surface area contributed by atoms with Crippen LogP contribution in [0, 0.1) is 11.8 Å². The van der Waals surface area contributed by atoms with Crippen LogP contribution in [0.4, 0.5) is 0 Å². The summed E-state index contributed by atoms with van der Waals surface area (Å²) in [6.45, 7) is 7.59. The molecule has 1 aliphatic carbocycles. The Labute approximate surface area is 137 Å². The molecule has 4 nitrogen and oxygen atoms in total. The van der Waals surface area contributed by atoms with Crippen LogP contribution in [-0.4, -0.2) is 50.6 Å². The van der Waals surface area contributed by atoms with E-state index in [1.165, 1.54) is 64.5 Å². The van der Waals surface area contributed by atoms with Gasteiger partial charge in [0.1, 0.15) is 0 Å². The fourth-order valence-corrected chi connectivity index (χ4v) is 3.70. The number of nitrogens with zero attached hydrogens (tertiary/aromatic N) is 2. The standard InChI is InChI=1S/C18H36N4/c1-3-19-18(20-12-6-9-16-7-4-5-8-16)21-15-17-10-13-22(2)14-11-17/h16-17H,3-15H2,1-2H3,(H2,19,20,21). The molecule has 2 aliphatic rings. The Balaban J connectivity index is 1.63. The Hall–Kier alpha value is -0.770. The first-order valence-electron chi connectivity index (χ1n) is 9.48. The number of hydrogen-bond donors (Lipinski definition) is 2. The van der Waals surface area contributed by atoms with Crippen LogP contribution in [-0.2, 0) is 0 Å². The summed E-state index contributed by atoms with van der Waals surface area (Å²) in [4.78, 5) is 7.23. The van der Waals surface area contributed by atoms with E-state index < -0.39 is 0 Å². The van der Waals surface area contributed by atoms with E-state index in [4.69, 9.17) is 4.99 Å². The van der Waals surface area contributed by atoms with Crippen LogP contribution in [0.5, 0.6) is 0 Å². The van der Waals surface area contributed by atoms with Crippen LogP contribution in [0.15, 0.2) is 4.99 Å². The van der Waals surface area contributed by atoms with Gasteiger partial charge in [-0.3, -0.25) is 4.99 Å². The van der Waals surface area contributed by atoms with Crippen molar-refractivity contribution in [1.29, 1.82) is 0 Å². The van der Waals surface area contributed by atoms with E-state index in [9.17, 15) is 0 Å². The number of aliphatic imine (C=N–C) groups is 1. The van der Waals surface area contributed by atoms with Crippen molar-refractivity contribution in [2.45, 2.75) is 58.3 Å². The zero-order chi connectivity index (χ0) is 15.6. The van der Waals surface area contributed by atoms with Crippen LogP contribution in [0.25, 0.3) is 0 Å². The molecule has 1 aliphatic heterocycles. The molecule has 0 aromatic heterocycles. The molecule has 0 bridgehead atoms. The van der Waals surface area contributed by atoms with Gasteiger partial charge < -0.3 is 15.5 Å². The molecule has 0 aromatic rings. The minimum absolute atomic E-state index is 0.769. The van der Waals surface area contributed by atoms with E-state index in [1.807, 2.05) is 0 Å². The van der Waals surface area contributed by atoms with Gasteiger partial charge in [-0.1, -0.05) is 25.7 Å². The molecule has 22 heavy (non-hydrogen) atoms. The average Bonchev–Trinajstić information content (AvgIpc) is 3.04. The summed E-state index contributed by atoms with van der Waals surface area (Å²) < 4.78 is 0. The van der Waals surface area contributed by atoms with Crippen LogP contribution in [0.1, 0.15) is 58.3 Å². The second-order valence-electron chi connectivity index (χ2n) is 7.19. The molecule has 2 rings (SSSR count). The number of hydrogen-bond acceptors (Lipinski definition) is 2. The smallest absolute Gasteiger partial charge is 0.191 e. The molecule has 0 spiro atoms. The predicted octanol–water partition coefficient (Wildman–Crippen LogP) is 2.85. The lowest BCUT2D eigenvalue weighted by Crippen LogP contribution is -2.38. The Morgan fingerprint density at radius 2 is 1.77 bits per heavy atom. The highest BCUT2D eigenvalue weighted by Crippen LogP contribution is 2.28. The van der Waals surface area contributed by atoms with Crippen LogP contribution >= 0.6 is 0 Å². The van der Waals surface area contributed by atoms with Gasteiger partial charge in [0.2, 0.25) is 0 Å². The van der Waals surface area contributed by atoms with Gasteiger partial charge in [-0.2, -0.15) is 0 Å². The molecule has 0 atom stereocenters. The van der Waals surface area contributed by atoms with Gasteiger partial charge in [0.15, 0.2) is 5.96 Å². The van der Waals surface area contributed by atoms with Gasteiger partial charge in [-0.25, -0.2) is 0 Å². The van der Waals surface area contributed by atoms with Crippen molar-refractivity contribution >= 4 is 5.96 Å². The summed E-state index contributed by atoms with van der Waals surface area (Å²) >= 11 is 0. The lowest BCUT2D eigenvalue weighted by atomic mass is 9.97. The van der Waals surface area contributed by atoms with E-state index in [1.54, 1.807) is 0 Å². The summed E-state index contributed by atoms with van der Waals surface area (Å²) in [7, 11) is 2.22. The van der Waals surface area contributed by atoms with Gasteiger partial charge in [-0.15, -0.1) is 0 Å². The topological polar surface area (TPSA) is 39.7 Å². The average molecular weight is 309 g/mol. The Morgan fingerprint density at radius 3 is 2.45 bits per heavy atom. The SMILES string of the molecule is CCNC(=NCC1CCN(C)CC1)NCCCC1CCCC1. The first kappa shape index (κ1) is 17.6. The fraction of sp³-hybridized carbons (Fsp3) is 0.944.